The van der Waals surface area contributed by atoms with Gasteiger partial charge in [-0.2, -0.15) is 0 Å². The summed E-state index contributed by atoms with van der Waals surface area (Å²) in [7, 11) is 1.59. The fraction of sp³-hybridized carbons (Fsp3) is 0.611. The lowest BCUT2D eigenvalue weighted by Gasteiger charge is -2.33. The molecule has 4 nitrogen and oxygen atoms in total. The van der Waals surface area contributed by atoms with Gasteiger partial charge in [-0.15, -0.1) is 0 Å². The maximum Gasteiger partial charge on any atom is 0.314 e. The van der Waals surface area contributed by atoms with E-state index in [1.807, 2.05) is 65.0 Å². The Kier molecular flexibility index (Phi) is 6.57. The molecule has 0 N–H and O–H groups in total. The summed E-state index contributed by atoms with van der Waals surface area (Å²) in [5.74, 6) is -0.282. The SMILES string of the molecule is COC(COCc1ccccc1)C(C)(C)C(=O)OC(C)(C)C. The van der Waals surface area contributed by atoms with Crippen molar-refractivity contribution in [3.8, 4) is 0 Å². The summed E-state index contributed by atoms with van der Waals surface area (Å²) in [6, 6.07) is 9.91. The van der Waals surface area contributed by atoms with E-state index in [9.17, 15) is 4.79 Å². The molecule has 4 heteroatoms. The fourth-order valence-electron chi connectivity index (χ4n) is 1.97. The molecule has 0 saturated heterocycles. The molecule has 0 heterocycles. The lowest BCUT2D eigenvalue weighted by atomic mass is 9.86. The van der Waals surface area contributed by atoms with Crippen molar-refractivity contribution in [2.75, 3.05) is 13.7 Å². The Bertz CT molecular complexity index is 460. The van der Waals surface area contributed by atoms with Gasteiger partial charge in [-0.05, 0) is 40.2 Å². The molecule has 0 aromatic heterocycles. The Hall–Kier alpha value is -1.39. The molecule has 0 aliphatic carbocycles. The normalized spacial score (nSPS) is 13.7. The molecule has 0 fully saturated rings. The first-order valence-corrected chi connectivity index (χ1v) is 7.54. The monoisotopic (exact) mass is 308 g/mol. The highest BCUT2D eigenvalue weighted by Gasteiger charge is 2.40. The van der Waals surface area contributed by atoms with Crippen LogP contribution in [0, 0.1) is 5.41 Å². The highest BCUT2D eigenvalue weighted by molar-refractivity contribution is 5.77. The molecule has 0 spiro atoms. The van der Waals surface area contributed by atoms with Crippen molar-refractivity contribution >= 4 is 5.97 Å². The van der Waals surface area contributed by atoms with Gasteiger partial charge in [-0.25, -0.2) is 0 Å². The molecule has 1 aromatic carbocycles. The number of ether oxygens (including phenoxy) is 3. The maximum atomic E-state index is 12.4. The minimum atomic E-state index is -0.779. The average molecular weight is 308 g/mol. The van der Waals surface area contributed by atoms with E-state index < -0.39 is 11.0 Å². The van der Waals surface area contributed by atoms with Crippen LogP contribution in [0.3, 0.4) is 0 Å². The molecule has 0 bridgehead atoms. The van der Waals surface area contributed by atoms with Crippen molar-refractivity contribution in [1.29, 1.82) is 0 Å². The number of hydrogen-bond acceptors (Lipinski definition) is 4. The summed E-state index contributed by atoms with van der Waals surface area (Å²) in [5.41, 5.74) is -0.205. The van der Waals surface area contributed by atoms with Gasteiger partial charge in [0.15, 0.2) is 0 Å². The summed E-state index contributed by atoms with van der Waals surface area (Å²) in [6.45, 7) is 10.0. The van der Waals surface area contributed by atoms with Gasteiger partial charge in [0.05, 0.1) is 24.7 Å². The quantitative estimate of drug-likeness (QED) is 0.722. The van der Waals surface area contributed by atoms with E-state index in [-0.39, 0.29) is 12.1 Å². The second-order valence-corrected chi connectivity index (χ2v) is 6.95. The average Bonchev–Trinajstić information content (AvgIpc) is 2.42. The van der Waals surface area contributed by atoms with Crippen LogP contribution >= 0.6 is 0 Å². The van der Waals surface area contributed by atoms with Crippen molar-refractivity contribution in [2.24, 2.45) is 5.41 Å². The summed E-state index contributed by atoms with van der Waals surface area (Å²) in [5, 5.41) is 0. The van der Waals surface area contributed by atoms with Crippen LogP contribution < -0.4 is 0 Å². The molecule has 0 aliphatic rings. The third-order valence-corrected chi connectivity index (χ3v) is 3.40. The zero-order chi connectivity index (χ0) is 16.8. The van der Waals surface area contributed by atoms with Gasteiger partial charge >= 0.3 is 5.97 Å². The molecule has 22 heavy (non-hydrogen) atoms. The Labute approximate surface area is 133 Å². The van der Waals surface area contributed by atoms with E-state index >= 15 is 0 Å². The van der Waals surface area contributed by atoms with E-state index in [0.29, 0.717) is 13.2 Å². The number of carbonyl (C=O) groups excluding carboxylic acids is 1. The van der Waals surface area contributed by atoms with Crippen LogP contribution in [0.15, 0.2) is 30.3 Å². The first-order valence-electron chi connectivity index (χ1n) is 7.54. The minimum absolute atomic E-state index is 0.282. The molecular weight excluding hydrogens is 280 g/mol. The van der Waals surface area contributed by atoms with Crippen molar-refractivity contribution in [3.63, 3.8) is 0 Å². The molecule has 1 rings (SSSR count). The number of rotatable bonds is 7. The van der Waals surface area contributed by atoms with E-state index in [0.717, 1.165) is 5.56 Å². The third-order valence-electron chi connectivity index (χ3n) is 3.40. The van der Waals surface area contributed by atoms with Gasteiger partial charge in [-0.3, -0.25) is 4.79 Å². The molecule has 124 valence electrons. The van der Waals surface area contributed by atoms with Gasteiger partial charge < -0.3 is 14.2 Å². The zero-order valence-corrected chi connectivity index (χ0v) is 14.5. The Morgan fingerprint density at radius 1 is 1.09 bits per heavy atom. The van der Waals surface area contributed by atoms with Gasteiger partial charge in [-0.1, -0.05) is 30.3 Å². The van der Waals surface area contributed by atoms with Crippen molar-refractivity contribution in [3.05, 3.63) is 35.9 Å². The number of esters is 1. The zero-order valence-electron chi connectivity index (χ0n) is 14.5. The Balaban J connectivity index is 2.59. The Morgan fingerprint density at radius 3 is 2.18 bits per heavy atom. The van der Waals surface area contributed by atoms with E-state index in [2.05, 4.69) is 0 Å². The van der Waals surface area contributed by atoms with Crippen LogP contribution in [-0.4, -0.2) is 31.4 Å². The first kappa shape index (κ1) is 18.7. The highest BCUT2D eigenvalue weighted by Crippen LogP contribution is 2.28. The van der Waals surface area contributed by atoms with Crippen LogP contribution in [0.1, 0.15) is 40.2 Å². The predicted molar refractivity (Wildman–Crippen MR) is 86.5 cm³/mol. The molecule has 1 atom stereocenters. The summed E-state index contributed by atoms with van der Waals surface area (Å²) < 4.78 is 16.6. The fourth-order valence-corrected chi connectivity index (χ4v) is 1.97. The van der Waals surface area contributed by atoms with E-state index in [1.165, 1.54) is 0 Å². The Morgan fingerprint density at radius 2 is 1.68 bits per heavy atom. The third kappa shape index (κ3) is 5.78. The smallest absolute Gasteiger partial charge is 0.314 e. The van der Waals surface area contributed by atoms with Crippen molar-refractivity contribution < 1.29 is 19.0 Å². The predicted octanol–water partition coefficient (Wildman–Crippen LogP) is 3.59. The van der Waals surface area contributed by atoms with Crippen molar-refractivity contribution in [2.45, 2.75) is 52.9 Å². The number of benzene rings is 1. The van der Waals surface area contributed by atoms with E-state index in [1.54, 1.807) is 7.11 Å². The molecule has 0 saturated carbocycles. The van der Waals surface area contributed by atoms with Crippen molar-refractivity contribution in [1.82, 2.24) is 0 Å². The van der Waals surface area contributed by atoms with Crippen LogP contribution in [0.2, 0.25) is 0 Å². The van der Waals surface area contributed by atoms with Gasteiger partial charge in [0.2, 0.25) is 0 Å². The van der Waals surface area contributed by atoms with Crippen LogP contribution in [-0.2, 0) is 25.6 Å². The van der Waals surface area contributed by atoms with Gasteiger partial charge in [0.1, 0.15) is 5.60 Å². The topological polar surface area (TPSA) is 44.8 Å². The summed E-state index contributed by atoms with van der Waals surface area (Å²) in [4.78, 5) is 12.4. The minimum Gasteiger partial charge on any atom is -0.459 e. The molecule has 0 aliphatic heterocycles. The lowest BCUT2D eigenvalue weighted by molar-refractivity contribution is -0.176. The second kappa shape index (κ2) is 7.75. The molecule has 1 unspecified atom stereocenters. The largest absolute Gasteiger partial charge is 0.459 e. The van der Waals surface area contributed by atoms with E-state index in [4.69, 9.17) is 14.2 Å². The summed E-state index contributed by atoms with van der Waals surface area (Å²) in [6.07, 6.45) is -0.369. The number of methoxy groups -OCH3 is 1. The molecule has 0 amide bonds. The van der Waals surface area contributed by atoms with Crippen LogP contribution in [0.25, 0.3) is 0 Å². The second-order valence-electron chi connectivity index (χ2n) is 6.95. The molecular formula is C18H28O4. The number of carbonyl (C=O) groups is 1. The maximum absolute atomic E-state index is 12.4. The highest BCUT2D eigenvalue weighted by atomic mass is 16.6. The van der Waals surface area contributed by atoms with Gasteiger partial charge in [0, 0.05) is 7.11 Å². The first-order chi connectivity index (χ1) is 10.2. The summed E-state index contributed by atoms with van der Waals surface area (Å²) >= 11 is 0. The molecule has 1 aromatic rings. The standard InChI is InChI=1S/C18H28O4/c1-17(2,3)22-16(19)18(4,5)15(20-6)13-21-12-14-10-8-7-9-11-14/h7-11,15H,12-13H2,1-6H3. The number of hydrogen-bond donors (Lipinski definition) is 0. The van der Waals surface area contributed by atoms with Crippen LogP contribution in [0.4, 0.5) is 0 Å². The lowest BCUT2D eigenvalue weighted by Crippen LogP contribution is -2.44. The molecule has 0 radical (unpaired) electrons. The van der Waals surface area contributed by atoms with Crippen LogP contribution in [0.5, 0.6) is 0 Å². The van der Waals surface area contributed by atoms with Gasteiger partial charge in [0.25, 0.3) is 0 Å².